The van der Waals surface area contributed by atoms with Crippen molar-refractivity contribution in [2.45, 2.75) is 59.0 Å². The maximum atomic E-state index is 11.4. The molecule has 4 nitrogen and oxygen atoms in total. The maximum Gasteiger partial charge on any atom is 0.323 e. The minimum atomic E-state index is -0.819. The molecule has 0 aromatic heterocycles. The van der Waals surface area contributed by atoms with Crippen LogP contribution < -0.4 is 5.32 Å². The maximum absolute atomic E-state index is 11.4. The number of rotatable bonds is 6. The van der Waals surface area contributed by atoms with Crippen molar-refractivity contribution >= 4 is 5.97 Å². The Kier molecular flexibility index (Phi) is 4.78. The summed E-state index contributed by atoms with van der Waals surface area (Å²) in [7, 11) is 0. The van der Waals surface area contributed by atoms with E-state index in [1.54, 1.807) is 6.92 Å². The molecule has 0 aliphatic carbocycles. The average Bonchev–Trinajstić information content (AvgIpc) is 2.59. The highest BCUT2D eigenvalue weighted by molar-refractivity contribution is 5.78. The van der Waals surface area contributed by atoms with Crippen LogP contribution in [0.5, 0.6) is 0 Å². The van der Waals surface area contributed by atoms with Crippen molar-refractivity contribution in [1.29, 1.82) is 0 Å². The van der Waals surface area contributed by atoms with E-state index in [1.165, 1.54) is 6.42 Å². The zero-order valence-electron chi connectivity index (χ0n) is 12.4. The van der Waals surface area contributed by atoms with Crippen LogP contribution in [-0.2, 0) is 4.79 Å². The number of likely N-dealkylation sites (N-methyl/N-ethyl adjacent to an activating group) is 1. The molecule has 1 heterocycles. The molecule has 2 atom stereocenters. The number of carboxylic acid groups (broad SMARTS) is 1. The van der Waals surface area contributed by atoms with E-state index in [4.69, 9.17) is 0 Å². The topological polar surface area (TPSA) is 52.6 Å². The van der Waals surface area contributed by atoms with Gasteiger partial charge in [-0.15, -0.1) is 0 Å². The molecule has 0 spiro atoms. The molecule has 1 saturated heterocycles. The van der Waals surface area contributed by atoms with Gasteiger partial charge in [0.2, 0.25) is 0 Å². The predicted molar refractivity (Wildman–Crippen MR) is 73.8 cm³/mol. The van der Waals surface area contributed by atoms with Gasteiger partial charge in [-0.1, -0.05) is 20.8 Å². The van der Waals surface area contributed by atoms with Gasteiger partial charge in [-0.25, -0.2) is 0 Å². The third-order valence-electron chi connectivity index (χ3n) is 4.07. The summed E-state index contributed by atoms with van der Waals surface area (Å²) >= 11 is 0. The van der Waals surface area contributed by atoms with E-state index in [9.17, 15) is 9.90 Å². The molecule has 2 unspecified atom stereocenters. The number of nitrogens with zero attached hydrogens (tertiary/aromatic N) is 1. The first-order valence-corrected chi connectivity index (χ1v) is 6.93. The monoisotopic (exact) mass is 256 g/mol. The Morgan fingerprint density at radius 3 is 2.56 bits per heavy atom. The fourth-order valence-electron chi connectivity index (χ4n) is 2.88. The van der Waals surface area contributed by atoms with Crippen LogP contribution in [0.2, 0.25) is 0 Å². The van der Waals surface area contributed by atoms with Gasteiger partial charge in [-0.05, 0) is 45.2 Å². The summed E-state index contributed by atoms with van der Waals surface area (Å²) in [6.45, 7) is 13.3. The summed E-state index contributed by atoms with van der Waals surface area (Å²) in [6.07, 6.45) is 1.84. The molecular weight excluding hydrogens is 228 g/mol. The van der Waals surface area contributed by atoms with Crippen LogP contribution in [0.1, 0.15) is 47.5 Å². The Balaban J connectivity index is 2.62. The van der Waals surface area contributed by atoms with E-state index in [1.807, 2.05) is 6.92 Å². The molecule has 0 radical (unpaired) electrons. The van der Waals surface area contributed by atoms with E-state index in [0.717, 1.165) is 13.1 Å². The molecular formula is C14H28N2O2. The minimum absolute atomic E-state index is 0.298. The van der Waals surface area contributed by atoms with Gasteiger partial charge < -0.3 is 15.3 Å². The van der Waals surface area contributed by atoms with E-state index >= 15 is 0 Å². The normalized spacial score (nSPS) is 24.7. The molecule has 2 N–H and O–H groups in total. The lowest BCUT2D eigenvalue weighted by molar-refractivity contribution is -0.145. The van der Waals surface area contributed by atoms with Crippen LogP contribution in [-0.4, -0.2) is 47.2 Å². The van der Waals surface area contributed by atoms with Crippen molar-refractivity contribution in [3.8, 4) is 0 Å². The Hall–Kier alpha value is -0.610. The third kappa shape index (κ3) is 3.69. The van der Waals surface area contributed by atoms with Crippen LogP contribution in [0.15, 0.2) is 0 Å². The predicted octanol–water partition coefficient (Wildman–Crippen LogP) is 1.95. The van der Waals surface area contributed by atoms with Gasteiger partial charge in [-0.3, -0.25) is 4.79 Å². The third-order valence-corrected chi connectivity index (χ3v) is 4.07. The average molecular weight is 256 g/mol. The summed E-state index contributed by atoms with van der Waals surface area (Å²) in [5, 5.41) is 12.5. The molecule has 1 rings (SSSR count). The van der Waals surface area contributed by atoms with Crippen LogP contribution in [0.3, 0.4) is 0 Å². The Bertz CT molecular complexity index is 304. The number of likely N-dealkylation sites (tertiary alicyclic amines) is 1. The lowest BCUT2D eigenvalue weighted by Gasteiger charge is -2.33. The fraction of sp³-hybridized carbons (Fsp3) is 0.929. The second-order valence-electron chi connectivity index (χ2n) is 6.61. The van der Waals surface area contributed by atoms with Gasteiger partial charge in [0.05, 0.1) is 0 Å². The van der Waals surface area contributed by atoms with Gasteiger partial charge in [0.15, 0.2) is 0 Å². The first-order chi connectivity index (χ1) is 8.20. The molecule has 1 aliphatic rings. The standard InChI is InChI=1S/C14H28N2O2/c1-6-15-14(5,12(17)18)9-11(2)16-8-7-13(3,4)10-16/h11,15H,6-10H2,1-5H3,(H,17,18). The lowest BCUT2D eigenvalue weighted by atomic mass is 9.91. The largest absolute Gasteiger partial charge is 0.480 e. The summed E-state index contributed by atoms with van der Waals surface area (Å²) in [5.41, 5.74) is -0.451. The number of aliphatic carboxylic acids is 1. The molecule has 18 heavy (non-hydrogen) atoms. The smallest absolute Gasteiger partial charge is 0.323 e. The van der Waals surface area contributed by atoms with Gasteiger partial charge in [0, 0.05) is 12.6 Å². The highest BCUT2D eigenvalue weighted by Gasteiger charge is 2.38. The second kappa shape index (κ2) is 5.57. The Morgan fingerprint density at radius 2 is 2.17 bits per heavy atom. The zero-order valence-corrected chi connectivity index (χ0v) is 12.4. The summed E-state index contributed by atoms with van der Waals surface area (Å²) < 4.78 is 0. The molecule has 0 aromatic carbocycles. The van der Waals surface area contributed by atoms with Crippen molar-refractivity contribution in [3.05, 3.63) is 0 Å². The summed E-state index contributed by atoms with van der Waals surface area (Å²) in [6, 6.07) is 0.298. The van der Waals surface area contributed by atoms with Gasteiger partial charge in [0.1, 0.15) is 5.54 Å². The van der Waals surface area contributed by atoms with Crippen LogP contribution in [0.25, 0.3) is 0 Å². The Morgan fingerprint density at radius 1 is 1.56 bits per heavy atom. The molecule has 4 heteroatoms. The number of hydrogen-bond donors (Lipinski definition) is 2. The Labute approximate surface area is 111 Å². The number of carboxylic acids is 1. The first-order valence-electron chi connectivity index (χ1n) is 6.93. The van der Waals surface area contributed by atoms with Crippen LogP contribution in [0, 0.1) is 5.41 Å². The molecule has 0 aromatic rings. The number of nitrogens with one attached hydrogen (secondary N) is 1. The van der Waals surface area contributed by atoms with Crippen molar-refractivity contribution < 1.29 is 9.90 Å². The van der Waals surface area contributed by atoms with Crippen LogP contribution in [0.4, 0.5) is 0 Å². The summed E-state index contributed by atoms with van der Waals surface area (Å²) in [5.74, 6) is -0.755. The first kappa shape index (κ1) is 15.4. The lowest BCUT2D eigenvalue weighted by Crippen LogP contribution is -2.53. The molecule has 1 fully saturated rings. The van der Waals surface area contributed by atoms with Crippen molar-refractivity contribution in [3.63, 3.8) is 0 Å². The highest BCUT2D eigenvalue weighted by Crippen LogP contribution is 2.31. The number of carbonyl (C=O) groups is 1. The zero-order chi connectivity index (χ0) is 14.0. The molecule has 0 saturated carbocycles. The highest BCUT2D eigenvalue weighted by atomic mass is 16.4. The van der Waals surface area contributed by atoms with E-state index < -0.39 is 11.5 Å². The molecule has 1 aliphatic heterocycles. The van der Waals surface area contributed by atoms with Crippen LogP contribution >= 0.6 is 0 Å². The molecule has 0 amide bonds. The van der Waals surface area contributed by atoms with Gasteiger partial charge in [-0.2, -0.15) is 0 Å². The van der Waals surface area contributed by atoms with Crippen molar-refractivity contribution in [1.82, 2.24) is 10.2 Å². The molecule has 0 bridgehead atoms. The van der Waals surface area contributed by atoms with E-state index in [0.29, 0.717) is 24.4 Å². The summed E-state index contributed by atoms with van der Waals surface area (Å²) in [4.78, 5) is 13.8. The quantitative estimate of drug-likeness (QED) is 0.762. The number of hydrogen-bond acceptors (Lipinski definition) is 3. The van der Waals surface area contributed by atoms with Crippen molar-refractivity contribution in [2.75, 3.05) is 19.6 Å². The SMILES string of the molecule is CCNC(C)(CC(C)N1CCC(C)(C)C1)C(=O)O. The van der Waals surface area contributed by atoms with Gasteiger partial charge in [0.25, 0.3) is 0 Å². The minimum Gasteiger partial charge on any atom is -0.480 e. The second-order valence-corrected chi connectivity index (χ2v) is 6.61. The molecule has 106 valence electrons. The van der Waals surface area contributed by atoms with Gasteiger partial charge >= 0.3 is 5.97 Å². The fourth-order valence-corrected chi connectivity index (χ4v) is 2.88. The van der Waals surface area contributed by atoms with E-state index in [2.05, 4.69) is 31.0 Å². The van der Waals surface area contributed by atoms with E-state index in [-0.39, 0.29) is 0 Å². The van der Waals surface area contributed by atoms with Crippen molar-refractivity contribution in [2.24, 2.45) is 5.41 Å².